The number of hydrogen-bond donors (Lipinski definition) is 2. The number of likely N-dealkylation sites (N-methyl/N-ethyl adjacent to an activating group) is 1. The van der Waals surface area contributed by atoms with E-state index in [4.69, 9.17) is 0 Å². The highest BCUT2D eigenvalue weighted by atomic mass is 32.2. The van der Waals surface area contributed by atoms with Crippen molar-refractivity contribution < 1.29 is 8.42 Å². The lowest BCUT2D eigenvalue weighted by molar-refractivity contribution is 0.536. The smallest absolute Gasteiger partial charge is 0.240 e. The summed E-state index contributed by atoms with van der Waals surface area (Å²) in [6.07, 6.45) is 0.831. The van der Waals surface area contributed by atoms with Gasteiger partial charge in [-0.2, -0.15) is 0 Å². The first-order valence-electron chi connectivity index (χ1n) is 6.31. The van der Waals surface area contributed by atoms with E-state index in [0.717, 1.165) is 18.5 Å². The van der Waals surface area contributed by atoms with E-state index in [1.165, 1.54) is 0 Å². The SMILES string of the molecule is CCN[C@H](C)CNS(=O)(=O)c1cccc(CC)c1. The minimum absolute atomic E-state index is 0.124. The quantitative estimate of drug-likeness (QED) is 0.790. The molecule has 0 spiro atoms. The van der Waals surface area contributed by atoms with Gasteiger partial charge in [0.05, 0.1) is 4.90 Å². The fraction of sp³-hybridized carbons (Fsp3) is 0.538. The van der Waals surface area contributed by atoms with Crippen LogP contribution in [-0.4, -0.2) is 27.5 Å². The van der Waals surface area contributed by atoms with E-state index in [0.29, 0.717) is 11.4 Å². The molecule has 0 unspecified atom stereocenters. The van der Waals surface area contributed by atoms with E-state index in [1.54, 1.807) is 18.2 Å². The lowest BCUT2D eigenvalue weighted by Gasteiger charge is -2.13. The summed E-state index contributed by atoms with van der Waals surface area (Å²) in [6, 6.07) is 7.18. The van der Waals surface area contributed by atoms with Crippen LogP contribution < -0.4 is 10.0 Å². The molecule has 1 atom stereocenters. The minimum atomic E-state index is -3.40. The molecule has 0 aromatic heterocycles. The van der Waals surface area contributed by atoms with Crippen LogP contribution in [0, 0.1) is 0 Å². The van der Waals surface area contributed by atoms with Gasteiger partial charge in [0.2, 0.25) is 10.0 Å². The van der Waals surface area contributed by atoms with Crippen molar-refractivity contribution in [3.8, 4) is 0 Å². The summed E-state index contributed by atoms with van der Waals surface area (Å²) < 4.78 is 26.8. The van der Waals surface area contributed by atoms with Crippen LogP contribution >= 0.6 is 0 Å². The largest absolute Gasteiger partial charge is 0.313 e. The molecule has 0 aliphatic carbocycles. The monoisotopic (exact) mass is 270 g/mol. The van der Waals surface area contributed by atoms with Crippen LogP contribution in [0.25, 0.3) is 0 Å². The van der Waals surface area contributed by atoms with Crippen molar-refractivity contribution in [2.24, 2.45) is 0 Å². The normalized spacial score (nSPS) is 13.5. The van der Waals surface area contributed by atoms with Gasteiger partial charge in [-0.05, 0) is 37.6 Å². The molecule has 0 aliphatic rings. The Morgan fingerprint density at radius 3 is 2.61 bits per heavy atom. The Hall–Kier alpha value is -0.910. The fourth-order valence-electron chi connectivity index (χ4n) is 1.67. The Balaban J connectivity index is 2.73. The molecule has 0 saturated carbocycles. The fourth-order valence-corrected chi connectivity index (χ4v) is 2.87. The predicted molar refractivity (Wildman–Crippen MR) is 74.1 cm³/mol. The standard InChI is InChI=1S/C13H22N2O2S/c1-4-12-7-6-8-13(9-12)18(16,17)15-10-11(3)14-5-2/h6-9,11,14-15H,4-5,10H2,1-3H3/t11-/m1/s1. The Morgan fingerprint density at radius 1 is 1.28 bits per heavy atom. The molecule has 102 valence electrons. The van der Waals surface area contributed by atoms with Gasteiger partial charge >= 0.3 is 0 Å². The first-order chi connectivity index (χ1) is 8.49. The Labute approximate surface area is 110 Å². The zero-order valence-electron chi connectivity index (χ0n) is 11.2. The Morgan fingerprint density at radius 2 is 2.00 bits per heavy atom. The Bertz CT molecular complexity index is 472. The third-order valence-electron chi connectivity index (χ3n) is 2.75. The van der Waals surface area contributed by atoms with Crippen LogP contribution in [0.2, 0.25) is 0 Å². The number of rotatable bonds is 7. The van der Waals surface area contributed by atoms with Crippen molar-refractivity contribution in [2.75, 3.05) is 13.1 Å². The number of hydrogen-bond acceptors (Lipinski definition) is 3. The van der Waals surface area contributed by atoms with Gasteiger partial charge < -0.3 is 5.32 Å². The average molecular weight is 270 g/mol. The van der Waals surface area contributed by atoms with E-state index in [-0.39, 0.29) is 6.04 Å². The first-order valence-corrected chi connectivity index (χ1v) is 7.80. The summed E-state index contributed by atoms with van der Waals surface area (Å²) in [5, 5.41) is 3.17. The van der Waals surface area contributed by atoms with Gasteiger partial charge in [0.15, 0.2) is 0 Å². The lowest BCUT2D eigenvalue weighted by atomic mass is 10.2. The van der Waals surface area contributed by atoms with Crippen LogP contribution in [0.4, 0.5) is 0 Å². The van der Waals surface area contributed by atoms with Crippen LogP contribution in [-0.2, 0) is 16.4 Å². The minimum Gasteiger partial charge on any atom is -0.313 e. The molecular weight excluding hydrogens is 248 g/mol. The molecule has 4 nitrogen and oxygen atoms in total. The van der Waals surface area contributed by atoms with Gasteiger partial charge in [-0.3, -0.25) is 0 Å². The molecule has 0 fully saturated rings. The molecule has 18 heavy (non-hydrogen) atoms. The van der Waals surface area contributed by atoms with Crippen LogP contribution in [0.15, 0.2) is 29.2 Å². The van der Waals surface area contributed by atoms with Gasteiger partial charge in [0.1, 0.15) is 0 Å². The van der Waals surface area contributed by atoms with E-state index >= 15 is 0 Å². The van der Waals surface area contributed by atoms with E-state index < -0.39 is 10.0 Å². The highest BCUT2D eigenvalue weighted by molar-refractivity contribution is 7.89. The molecule has 0 amide bonds. The summed E-state index contributed by atoms with van der Waals surface area (Å²) in [5.74, 6) is 0. The van der Waals surface area contributed by atoms with Crippen molar-refractivity contribution >= 4 is 10.0 Å². The number of nitrogens with one attached hydrogen (secondary N) is 2. The first kappa shape index (κ1) is 15.1. The maximum atomic E-state index is 12.1. The van der Waals surface area contributed by atoms with Crippen molar-refractivity contribution in [3.05, 3.63) is 29.8 Å². The molecule has 2 N–H and O–H groups in total. The topological polar surface area (TPSA) is 58.2 Å². The van der Waals surface area contributed by atoms with E-state index in [1.807, 2.05) is 26.8 Å². The molecular formula is C13H22N2O2S. The summed E-state index contributed by atoms with van der Waals surface area (Å²) in [4.78, 5) is 0.338. The molecule has 0 bridgehead atoms. The number of sulfonamides is 1. The van der Waals surface area contributed by atoms with Crippen LogP contribution in [0.1, 0.15) is 26.3 Å². The third-order valence-corrected chi connectivity index (χ3v) is 4.17. The summed E-state index contributed by atoms with van der Waals surface area (Å²) >= 11 is 0. The van der Waals surface area contributed by atoms with E-state index in [9.17, 15) is 8.42 Å². The van der Waals surface area contributed by atoms with Gasteiger partial charge in [-0.15, -0.1) is 0 Å². The van der Waals surface area contributed by atoms with Crippen molar-refractivity contribution in [2.45, 2.75) is 38.1 Å². The van der Waals surface area contributed by atoms with Gasteiger partial charge in [-0.1, -0.05) is 26.0 Å². The second kappa shape index (κ2) is 6.87. The second-order valence-corrected chi connectivity index (χ2v) is 6.08. The Kier molecular flexibility index (Phi) is 5.78. The van der Waals surface area contributed by atoms with Gasteiger partial charge in [0.25, 0.3) is 0 Å². The average Bonchev–Trinajstić information content (AvgIpc) is 2.37. The molecule has 0 heterocycles. The molecule has 1 rings (SSSR count). The summed E-state index contributed by atoms with van der Waals surface area (Å²) in [7, 11) is -3.40. The molecule has 0 radical (unpaired) electrons. The number of benzene rings is 1. The van der Waals surface area contributed by atoms with Crippen LogP contribution in [0.5, 0.6) is 0 Å². The summed E-state index contributed by atoms with van der Waals surface area (Å²) in [6.45, 7) is 7.18. The van der Waals surface area contributed by atoms with E-state index in [2.05, 4.69) is 10.0 Å². The highest BCUT2D eigenvalue weighted by Crippen LogP contribution is 2.11. The molecule has 1 aromatic rings. The van der Waals surface area contributed by atoms with Gasteiger partial charge in [-0.25, -0.2) is 13.1 Å². The van der Waals surface area contributed by atoms with Crippen LogP contribution in [0.3, 0.4) is 0 Å². The predicted octanol–water partition coefficient (Wildman–Crippen LogP) is 1.53. The second-order valence-electron chi connectivity index (χ2n) is 4.31. The van der Waals surface area contributed by atoms with Crippen molar-refractivity contribution in [1.29, 1.82) is 0 Å². The highest BCUT2D eigenvalue weighted by Gasteiger charge is 2.14. The maximum absolute atomic E-state index is 12.1. The molecule has 5 heteroatoms. The lowest BCUT2D eigenvalue weighted by Crippen LogP contribution is -2.38. The van der Waals surface area contributed by atoms with Gasteiger partial charge in [0, 0.05) is 12.6 Å². The summed E-state index contributed by atoms with van der Waals surface area (Å²) in [5.41, 5.74) is 1.03. The van der Waals surface area contributed by atoms with Crippen molar-refractivity contribution in [1.82, 2.24) is 10.0 Å². The maximum Gasteiger partial charge on any atom is 0.240 e. The van der Waals surface area contributed by atoms with Crippen molar-refractivity contribution in [3.63, 3.8) is 0 Å². The molecule has 0 saturated heterocycles. The number of aryl methyl sites for hydroxylation is 1. The zero-order chi connectivity index (χ0) is 13.6. The molecule has 1 aromatic carbocycles. The zero-order valence-corrected chi connectivity index (χ0v) is 12.0. The molecule has 0 aliphatic heterocycles. The third kappa shape index (κ3) is 4.40.